The molecule has 1 aromatic carbocycles. The number of hydrogen-bond donors (Lipinski definition) is 0. The molecule has 0 amide bonds. The first-order chi connectivity index (χ1) is 9.24. The van der Waals surface area contributed by atoms with Crippen LogP contribution in [0.4, 0.5) is 0 Å². The third-order valence-electron chi connectivity index (χ3n) is 2.46. The van der Waals surface area contributed by atoms with Crippen LogP contribution in [0.2, 0.25) is 0 Å². The summed E-state index contributed by atoms with van der Waals surface area (Å²) < 4.78 is 21.6. The van der Waals surface area contributed by atoms with Crippen LogP contribution in [-0.2, 0) is 19.5 Å². The lowest BCUT2D eigenvalue weighted by Gasteiger charge is -2.17. The van der Waals surface area contributed by atoms with E-state index in [4.69, 9.17) is 18.9 Å². The van der Waals surface area contributed by atoms with Crippen molar-refractivity contribution in [3.63, 3.8) is 0 Å². The molecular weight excluding hydrogens is 312 g/mol. The molecule has 108 valence electrons. The number of benzene rings is 1. The topological polar surface area (TPSA) is 36.9 Å². The SMILES string of the molecule is CCOCOc1cc(CBr)cc(C(OC)OCC)c1. The number of alkyl halides is 1. The molecule has 0 heterocycles. The van der Waals surface area contributed by atoms with Gasteiger partial charge in [-0.1, -0.05) is 15.9 Å². The van der Waals surface area contributed by atoms with Gasteiger partial charge < -0.3 is 18.9 Å². The number of rotatable bonds is 9. The largest absolute Gasteiger partial charge is 0.468 e. The zero-order valence-corrected chi connectivity index (χ0v) is 13.2. The van der Waals surface area contributed by atoms with Gasteiger partial charge in [0.05, 0.1) is 0 Å². The van der Waals surface area contributed by atoms with Crippen LogP contribution in [0.25, 0.3) is 0 Å². The number of halogens is 1. The van der Waals surface area contributed by atoms with Gasteiger partial charge in [0.15, 0.2) is 13.1 Å². The third-order valence-corrected chi connectivity index (χ3v) is 3.11. The first-order valence-corrected chi connectivity index (χ1v) is 7.42. The molecule has 1 aromatic rings. The highest BCUT2D eigenvalue weighted by Crippen LogP contribution is 2.26. The van der Waals surface area contributed by atoms with E-state index in [0.29, 0.717) is 13.2 Å². The highest BCUT2D eigenvalue weighted by molar-refractivity contribution is 9.08. The maximum absolute atomic E-state index is 5.55. The standard InChI is InChI=1S/C14H21BrO4/c1-4-17-10-19-13-7-11(9-15)6-12(8-13)14(16-3)18-5-2/h6-8,14H,4-5,9-10H2,1-3H3. The average Bonchev–Trinajstić information content (AvgIpc) is 2.44. The molecule has 1 rings (SSSR count). The summed E-state index contributed by atoms with van der Waals surface area (Å²) in [5.41, 5.74) is 2.04. The molecule has 0 saturated carbocycles. The summed E-state index contributed by atoms with van der Waals surface area (Å²) in [4.78, 5) is 0. The number of hydrogen-bond acceptors (Lipinski definition) is 4. The van der Waals surface area contributed by atoms with Crippen molar-refractivity contribution >= 4 is 15.9 Å². The molecule has 0 saturated heterocycles. The quantitative estimate of drug-likeness (QED) is 0.393. The summed E-state index contributed by atoms with van der Waals surface area (Å²) in [6.07, 6.45) is -0.376. The fraction of sp³-hybridized carbons (Fsp3) is 0.571. The van der Waals surface area contributed by atoms with Gasteiger partial charge in [-0.3, -0.25) is 0 Å². The van der Waals surface area contributed by atoms with Gasteiger partial charge >= 0.3 is 0 Å². The Morgan fingerprint density at radius 2 is 1.95 bits per heavy atom. The summed E-state index contributed by atoms with van der Waals surface area (Å²) in [7, 11) is 1.63. The Morgan fingerprint density at radius 3 is 2.53 bits per heavy atom. The van der Waals surface area contributed by atoms with Crippen LogP contribution in [0.15, 0.2) is 18.2 Å². The van der Waals surface area contributed by atoms with E-state index in [-0.39, 0.29) is 13.1 Å². The summed E-state index contributed by atoms with van der Waals surface area (Å²) in [5, 5.41) is 0.744. The van der Waals surface area contributed by atoms with Crippen LogP contribution in [0.3, 0.4) is 0 Å². The van der Waals surface area contributed by atoms with Crippen molar-refractivity contribution in [1.29, 1.82) is 0 Å². The van der Waals surface area contributed by atoms with Crippen LogP contribution < -0.4 is 4.74 Å². The summed E-state index contributed by atoms with van der Waals surface area (Å²) in [6, 6.07) is 5.91. The molecule has 0 spiro atoms. The second-order valence-electron chi connectivity index (χ2n) is 3.82. The van der Waals surface area contributed by atoms with Gasteiger partial charge in [0.2, 0.25) is 0 Å². The van der Waals surface area contributed by atoms with Crippen molar-refractivity contribution in [2.45, 2.75) is 25.5 Å². The molecule has 0 fully saturated rings. The van der Waals surface area contributed by atoms with E-state index < -0.39 is 0 Å². The molecule has 0 radical (unpaired) electrons. The maximum atomic E-state index is 5.55. The molecule has 19 heavy (non-hydrogen) atoms. The smallest absolute Gasteiger partial charge is 0.189 e. The minimum atomic E-state index is -0.376. The van der Waals surface area contributed by atoms with Gasteiger partial charge in [-0.15, -0.1) is 0 Å². The zero-order chi connectivity index (χ0) is 14.1. The van der Waals surface area contributed by atoms with E-state index >= 15 is 0 Å². The summed E-state index contributed by atoms with van der Waals surface area (Å²) >= 11 is 3.45. The molecule has 0 bridgehead atoms. The predicted molar refractivity (Wildman–Crippen MR) is 77.6 cm³/mol. The summed E-state index contributed by atoms with van der Waals surface area (Å²) in [5.74, 6) is 0.752. The van der Waals surface area contributed by atoms with Gasteiger partial charge in [0.25, 0.3) is 0 Å². The molecule has 5 heteroatoms. The van der Waals surface area contributed by atoms with E-state index in [1.165, 1.54) is 0 Å². The summed E-state index contributed by atoms with van der Waals surface area (Å²) in [6.45, 7) is 5.33. The lowest BCUT2D eigenvalue weighted by molar-refractivity contribution is -0.124. The van der Waals surface area contributed by atoms with Crippen molar-refractivity contribution in [3.8, 4) is 5.75 Å². The second kappa shape index (κ2) is 9.31. The number of methoxy groups -OCH3 is 1. The Balaban J connectivity index is 2.87. The predicted octanol–water partition coefficient (Wildman–Crippen LogP) is 3.64. The van der Waals surface area contributed by atoms with E-state index in [1.54, 1.807) is 7.11 Å². The molecule has 1 atom stereocenters. The van der Waals surface area contributed by atoms with Gasteiger partial charge in [0.1, 0.15) is 5.75 Å². The molecule has 0 aliphatic rings. The van der Waals surface area contributed by atoms with E-state index in [2.05, 4.69) is 15.9 Å². The molecule has 0 aromatic heterocycles. The van der Waals surface area contributed by atoms with Crippen LogP contribution in [0.1, 0.15) is 31.3 Å². The van der Waals surface area contributed by atoms with Crippen LogP contribution in [0, 0.1) is 0 Å². The lowest BCUT2D eigenvalue weighted by atomic mass is 10.1. The van der Waals surface area contributed by atoms with Gasteiger partial charge in [-0.05, 0) is 37.6 Å². The van der Waals surface area contributed by atoms with Crippen LogP contribution >= 0.6 is 15.9 Å². The van der Waals surface area contributed by atoms with Gasteiger partial charge in [0, 0.05) is 31.2 Å². The zero-order valence-electron chi connectivity index (χ0n) is 11.6. The second-order valence-corrected chi connectivity index (χ2v) is 4.38. The van der Waals surface area contributed by atoms with Gasteiger partial charge in [-0.2, -0.15) is 0 Å². The Hall–Kier alpha value is -0.620. The monoisotopic (exact) mass is 332 g/mol. The molecule has 1 unspecified atom stereocenters. The Kier molecular flexibility index (Phi) is 8.05. The first kappa shape index (κ1) is 16.4. The number of ether oxygens (including phenoxy) is 4. The first-order valence-electron chi connectivity index (χ1n) is 6.29. The van der Waals surface area contributed by atoms with Crippen molar-refractivity contribution in [3.05, 3.63) is 29.3 Å². The van der Waals surface area contributed by atoms with Crippen molar-refractivity contribution < 1.29 is 18.9 Å². The van der Waals surface area contributed by atoms with Crippen molar-refractivity contribution in [2.24, 2.45) is 0 Å². The Bertz CT molecular complexity index is 370. The normalized spacial score (nSPS) is 12.4. The van der Waals surface area contributed by atoms with E-state index in [0.717, 1.165) is 22.2 Å². The highest BCUT2D eigenvalue weighted by Gasteiger charge is 2.12. The fourth-order valence-electron chi connectivity index (χ4n) is 1.63. The lowest BCUT2D eigenvalue weighted by Crippen LogP contribution is -2.08. The minimum Gasteiger partial charge on any atom is -0.468 e. The molecular formula is C14H21BrO4. The maximum Gasteiger partial charge on any atom is 0.189 e. The molecule has 0 aliphatic carbocycles. The van der Waals surface area contributed by atoms with Gasteiger partial charge in [-0.25, -0.2) is 0 Å². The Labute approximate surface area is 123 Å². The van der Waals surface area contributed by atoms with Crippen molar-refractivity contribution in [1.82, 2.24) is 0 Å². The van der Waals surface area contributed by atoms with E-state index in [9.17, 15) is 0 Å². The fourth-order valence-corrected chi connectivity index (χ4v) is 1.95. The van der Waals surface area contributed by atoms with Crippen molar-refractivity contribution in [2.75, 3.05) is 27.1 Å². The molecule has 0 N–H and O–H groups in total. The van der Waals surface area contributed by atoms with Crippen LogP contribution in [0.5, 0.6) is 5.75 Å². The Morgan fingerprint density at radius 1 is 1.16 bits per heavy atom. The molecule has 0 aliphatic heterocycles. The minimum absolute atomic E-state index is 0.244. The highest BCUT2D eigenvalue weighted by atomic mass is 79.9. The van der Waals surface area contributed by atoms with E-state index in [1.807, 2.05) is 32.0 Å². The van der Waals surface area contributed by atoms with Crippen LogP contribution in [-0.4, -0.2) is 27.1 Å². The third kappa shape index (κ3) is 5.48. The molecule has 4 nitrogen and oxygen atoms in total. The average molecular weight is 333 g/mol.